The third-order valence-corrected chi connectivity index (χ3v) is 3.84. The molecular formula is C19H19NO3. The van der Waals surface area contributed by atoms with Gasteiger partial charge in [0.25, 0.3) is 0 Å². The molecule has 3 aromatic rings. The molecule has 0 radical (unpaired) electrons. The average Bonchev–Trinajstić information content (AvgIpc) is 2.86. The quantitative estimate of drug-likeness (QED) is 0.743. The van der Waals surface area contributed by atoms with Crippen LogP contribution < -0.4 is 4.74 Å². The molecule has 1 heterocycles. The molecule has 23 heavy (non-hydrogen) atoms. The number of carboxylic acids is 1. The maximum absolute atomic E-state index is 11.3. The number of aryl methyl sites for hydroxylation is 1. The fraction of sp³-hybridized carbons (Fsp3) is 0.211. The van der Waals surface area contributed by atoms with E-state index in [1.807, 2.05) is 56.3 Å². The molecule has 0 bridgehead atoms. The lowest BCUT2D eigenvalue weighted by Crippen LogP contribution is -2.01. The Labute approximate surface area is 134 Å². The molecule has 4 heteroatoms. The smallest absolute Gasteiger partial charge is 0.307 e. The van der Waals surface area contributed by atoms with Crippen LogP contribution in [0.5, 0.6) is 5.75 Å². The van der Waals surface area contributed by atoms with E-state index in [0.29, 0.717) is 6.61 Å². The lowest BCUT2D eigenvalue weighted by atomic mass is 10.0. The number of aliphatic carboxylic acids is 1. The van der Waals surface area contributed by atoms with Gasteiger partial charge < -0.3 is 14.8 Å². The summed E-state index contributed by atoms with van der Waals surface area (Å²) in [5.74, 6) is -0.0254. The van der Waals surface area contributed by atoms with Gasteiger partial charge in [-0.2, -0.15) is 0 Å². The lowest BCUT2D eigenvalue weighted by Gasteiger charge is -2.06. The van der Waals surface area contributed by atoms with E-state index in [0.717, 1.165) is 39.0 Å². The number of aromatic nitrogens is 1. The van der Waals surface area contributed by atoms with Crippen LogP contribution >= 0.6 is 0 Å². The van der Waals surface area contributed by atoms with E-state index in [-0.39, 0.29) is 6.42 Å². The van der Waals surface area contributed by atoms with Gasteiger partial charge in [-0.05, 0) is 61.4 Å². The van der Waals surface area contributed by atoms with Crippen LogP contribution in [-0.2, 0) is 11.2 Å². The Kier molecular flexibility index (Phi) is 4.06. The number of nitrogens with one attached hydrogen (secondary N) is 1. The minimum Gasteiger partial charge on any atom is -0.494 e. The molecule has 0 saturated heterocycles. The lowest BCUT2D eigenvalue weighted by molar-refractivity contribution is -0.136. The van der Waals surface area contributed by atoms with Crippen molar-refractivity contribution in [2.45, 2.75) is 20.3 Å². The van der Waals surface area contributed by atoms with Gasteiger partial charge in [0.2, 0.25) is 0 Å². The molecule has 3 rings (SSSR count). The number of hydrogen-bond acceptors (Lipinski definition) is 2. The number of fused-ring (bicyclic) bond motifs is 1. The van der Waals surface area contributed by atoms with Crippen molar-refractivity contribution in [3.05, 3.63) is 53.6 Å². The minimum absolute atomic E-state index is 0.00794. The van der Waals surface area contributed by atoms with Gasteiger partial charge in [0, 0.05) is 10.9 Å². The first-order valence-electron chi connectivity index (χ1n) is 7.64. The van der Waals surface area contributed by atoms with Gasteiger partial charge in [0.05, 0.1) is 18.7 Å². The highest BCUT2D eigenvalue weighted by molar-refractivity contribution is 5.94. The highest BCUT2D eigenvalue weighted by Crippen LogP contribution is 2.32. The normalized spacial score (nSPS) is 10.9. The topological polar surface area (TPSA) is 62.3 Å². The van der Waals surface area contributed by atoms with E-state index in [1.165, 1.54) is 0 Å². The maximum atomic E-state index is 11.3. The molecule has 2 aromatic carbocycles. The molecule has 0 aliphatic rings. The first-order chi connectivity index (χ1) is 11.1. The third kappa shape index (κ3) is 3.06. The summed E-state index contributed by atoms with van der Waals surface area (Å²) in [5.41, 5.74) is 4.70. The molecule has 118 valence electrons. The summed E-state index contributed by atoms with van der Waals surface area (Å²) in [4.78, 5) is 14.6. The van der Waals surface area contributed by atoms with Crippen molar-refractivity contribution in [2.24, 2.45) is 0 Å². The van der Waals surface area contributed by atoms with Gasteiger partial charge in [-0.25, -0.2) is 0 Å². The summed E-state index contributed by atoms with van der Waals surface area (Å²) in [7, 11) is 0. The summed E-state index contributed by atoms with van der Waals surface area (Å²) in [5, 5.41) is 10.2. The molecule has 0 amide bonds. The van der Waals surface area contributed by atoms with Crippen LogP contribution in [0.2, 0.25) is 0 Å². The SMILES string of the molecule is CCOc1ccc(-c2[nH]c3ccc(C)cc3c2CC(=O)O)cc1. The predicted octanol–water partition coefficient (Wildman–Crippen LogP) is 4.17. The fourth-order valence-electron chi connectivity index (χ4n) is 2.83. The zero-order chi connectivity index (χ0) is 16.4. The summed E-state index contributed by atoms with van der Waals surface area (Å²) in [6.45, 7) is 4.57. The number of ether oxygens (including phenoxy) is 1. The van der Waals surface area contributed by atoms with E-state index < -0.39 is 5.97 Å². The Morgan fingerprint density at radius 1 is 1.17 bits per heavy atom. The third-order valence-electron chi connectivity index (χ3n) is 3.84. The van der Waals surface area contributed by atoms with E-state index in [4.69, 9.17) is 4.74 Å². The molecule has 0 aliphatic heterocycles. The number of aromatic amines is 1. The number of carbonyl (C=O) groups is 1. The van der Waals surface area contributed by atoms with Crippen LogP contribution in [0, 0.1) is 6.92 Å². The molecule has 0 aliphatic carbocycles. The van der Waals surface area contributed by atoms with Crippen LogP contribution in [0.15, 0.2) is 42.5 Å². The molecule has 4 nitrogen and oxygen atoms in total. The first kappa shape index (κ1) is 15.2. The highest BCUT2D eigenvalue weighted by atomic mass is 16.5. The number of carboxylic acid groups (broad SMARTS) is 1. The monoisotopic (exact) mass is 309 g/mol. The van der Waals surface area contributed by atoms with Crippen LogP contribution in [0.1, 0.15) is 18.1 Å². The molecule has 0 unspecified atom stereocenters. The van der Waals surface area contributed by atoms with Crippen LogP contribution in [0.25, 0.3) is 22.2 Å². The van der Waals surface area contributed by atoms with Crippen molar-refractivity contribution in [3.8, 4) is 17.0 Å². The van der Waals surface area contributed by atoms with E-state index >= 15 is 0 Å². The number of rotatable bonds is 5. The Bertz CT molecular complexity index is 847. The zero-order valence-electron chi connectivity index (χ0n) is 13.2. The van der Waals surface area contributed by atoms with E-state index in [2.05, 4.69) is 4.98 Å². The van der Waals surface area contributed by atoms with Crippen LogP contribution in [0.4, 0.5) is 0 Å². The minimum atomic E-state index is -0.834. The van der Waals surface area contributed by atoms with Crippen molar-refractivity contribution in [1.29, 1.82) is 0 Å². The number of H-pyrrole nitrogens is 1. The standard InChI is InChI=1S/C19H19NO3/c1-3-23-14-7-5-13(6-8-14)19-16(11-18(21)22)15-10-12(2)4-9-17(15)20-19/h4-10,20H,3,11H2,1-2H3,(H,21,22). The summed E-state index contributed by atoms with van der Waals surface area (Å²) < 4.78 is 5.46. The summed E-state index contributed by atoms with van der Waals surface area (Å²) in [6.07, 6.45) is -0.00794. The largest absolute Gasteiger partial charge is 0.494 e. The van der Waals surface area contributed by atoms with Gasteiger partial charge in [0.1, 0.15) is 5.75 Å². The molecule has 1 aromatic heterocycles. The van der Waals surface area contributed by atoms with Crippen molar-refractivity contribution < 1.29 is 14.6 Å². The van der Waals surface area contributed by atoms with Gasteiger partial charge >= 0.3 is 5.97 Å². The second-order valence-corrected chi connectivity index (χ2v) is 5.56. The second-order valence-electron chi connectivity index (χ2n) is 5.56. The maximum Gasteiger partial charge on any atom is 0.307 e. The molecule has 2 N–H and O–H groups in total. The molecule has 0 atom stereocenters. The van der Waals surface area contributed by atoms with Gasteiger partial charge in [-0.3, -0.25) is 4.79 Å². The predicted molar refractivity (Wildman–Crippen MR) is 91.0 cm³/mol. The fourth-order valence-corrected chi connectivity index (χ4v) is 2.83. The van der Waals surface area contributed by atoms with Gasteiger partial charge in [-0.1, -0.05) is 11.6 Å². The summed E-state index contributed by atoms with van der Waals surface area (Å²) in [6, 6.07) is 13.8. The molecule has 0 spiro atoms. The molecule has 0 saturated carbocycles. The van der Waals surface area contributed by atoms with Crippen LogP contribution in [-0.4, -0.2) is 22.7 Å². The van der Waals surface area contributed by atoms with Crippen molar-refractivity contribution in [3.63, 3.8) is 0 Å². The zero-order valence-corrected chi connectivity index (χ0v) is 13.2. The Morgan fingerprint density at radius 3 is 2.57 bits per heavy atom. The average molecular weight is 309 g/mol. The van der Waals surface area contributed by atoms with E-state index in [9.17, 15) is 9.90 Å². The Morgan fingerprint density at radius 2 is 1.91 bits per heavy atom. The Hall–Kier alpha value is -2.75. The van der Waals surface area contributed by atoms with Gasteiger partial charge in [-0.15, -0.1) is 0 Å². The van der Waals surface area contributed by atoms with Gasteiger partial charge in [0.15, 0.2) is 0 Å². The number of hydrogen-bond donors (Lipinski definition) is 2. The second kappa shape index (κ2) is 6.16. The molecule has 0 fully saturated rings. The van der Waals surface area contributed by atoms with Crippen molar-refractivity contribution in [2.75, 3.05) is 6.61 Å². The molecular weight excluding hydrogens is 290 g/mol. The highest BCUT2D eigenvalue weighted by Gasteiger charge is 2.16. The van der Waals surface area contributed by atoms with Crippen LogP contribution in [0.3, 0.4) is 0 Å². The first-order valence-corrected chi connectivity index (χ1v) is 7.64. The van der Waals surface area contributed by atoms with Crippen molar-refractivity contribution in [1.82, 2.24) is 4.98 Å². The Balaban J connectivity index is 2.13. The number of benzene rings is 2. The van der Waals surface area contributed by atoms with E-state index in [1.54, 1.807) is 0 Å². The van der Waals surface area contributed by atoms with Crippen molar-refractivity contribution >= 4 is 16.9 Å². The summed E-state index contributed by atoms with van der Waals surface area (Å²) >= 11 is 0.